The van der Waals surface area contributed by atoms with Crippen molar-refractivity contribution in [3.63, 3.8) is 0 Å². The van der Waals surface area contributed by atoms with Gasteiger partial charge in [0, 0.05) is 25.7 Å². The molecule has 5 atom stereocenters. The van der Waals surface area contributed by atoms with E-state index in [1.807, 2.05) is 0 Å². The highest BCUT2D eigenvalue weighted by Gasteiger charge is 2.30. The summed E-state index contributed by atoms with van der Waals surface area (Å²) in [6.45, 7) is 14.3. The standard InChI is InChI=1S/C85H166O17P2/c1-75(2)61-53-45-37-31-25-19-14-11-9-10-12-16-22-29-35-41-51-59-67-84(89)101-80(71-95-82(87)65-57-49-40-34-28-24-18-21-27-33-39-47-55-63-77(5)6)73-99-103(91,92)97-69-79(86)70-98-104(93,94)100-74-81(72-96-83(88)66-58-50-44-43-48-56-64-78(7)8)102-85(90)68-60-52-42-36-30-23-17-13-15-20-26-32-38-46-54-62-76(3)4/h75-81,86H,9-74H2,1-8H3,(H,91,92)(H,93,94)/t79?,80-,81-/m1/s1. The minimum absolute atomic E-state index is 0.106. The van der Waals surface area contributed by atoms with Gasteiger partial charge in [-0.2, -0.15) is 0 Å². The van der Waals surface area contributed by atoms with Gasteiger partial charge in [-0.25, -0.2) is 9.13 Å². The topological polar surface area (TPSA) is 237 Å². The van der Waals surface area contributed by atoms with Crippen molar-refractivity contribution in [2.75, 3.05) is 39.6 Å². The van der Waals surface area contributed by atoms with Crippen LogP contribution < -0.4 is 0 Å². The molecule has 0 saturated carbocycles. The molecule has 0 amide bonds. The molecule has 0 spiro atoms. The Kier molecular flexibility index (Phi) is 72.5. The van der Waals surface area contributed by atoms with Gasteiger partial charge in [0.25, 0.3) is 0 Å². The Labute approximate surface area is 638 Å². The van der Waals surface area contributed by atoms with Gasteiger partial charge in [0.2, 0.25) is 0 Å². The number of esters is 4. The molecule has 0 aromatic carbocycles. The van der Waals surface area contributed by atoms with E-state index in [-0.39, 0.29) is 25.7 Å². The Morgan fingerprint density at radius 3 is 0.596 bits per heavy atom. The van der Waals surface area contributed by atoms with E-state index < -0.39 is 97.5 Å². The Morgan fingerprint density at radius 2 is 0.404 bits per heavy atom. The molecule has 104 heavy (non-hydrogen) atoms. The van der Waals surface area contributed by atoms with Crippen LogP contribution in [-0.4, -0.2) is 96.7 Å². The molecule has 0 aromatic rings. The first-order valence-electron chi connectivity index (χ1n) is 43.7. The number of phosphoric ester groups is 2. The van der Waals surface area contributed by atoms with E-state index in [0.717, 1.165) is 114 Å². The number of aliphatic hydroxyl groups excluding tert-OH is 1. The van der Waals surface area contributed by atoms with E-state index >= 15 is 0 Å². The first-order chi connectivity index (χ1) is 50.1. The molecule has 0 heterocycles. The Balaban J connectivity index is 5.21. The summed E-state index contributed by atoms with van der Waals surface area (Å²) in [5, 5.41) is 10.7. The molecule has 3 unspecified atom stereocenters. The molecule has 17 nitrogen and oxygen atoms in total. The molecule has 19 heteroatoms. The highest BCUT2D eigenvalue weighted by molar-refractivity contribution is 7.47. The first kappa shape index (κ1) is 102. The Hall–Kier alpha value is -1.94. The molecule has 618 valence electrons. The van der Waals surface area contributed by atoms with Gasteiger partial charge in [0.1, 0.15) is 19.3 Å². The van der Waals surface area contributed by atoms with Gasteiger partial charge in [-0.1, -0.05) is 389 Å². The molecular formula is C85H166O17P2. The third-order valence-electron chi connectivity index (χ3n) is 19.8. The maximum Gasteiger partial charge on any atom is 0.472 e. The van der Waals surface area contributed by atoms with E-state index in [1.165, 1.54) is 238 Å². The number of aliphatic hydroxyl groups is 1. The molecule has 0 aliphatic carbocycles. The third-order valence-corrected chi connectivity index (χ3v) is 21.7. The Morgan fingerprint density at radius 1 is 0.240 bits per heavy atom. The lowest BCUT2D eigenvalue weighted by Gasteiger charge is -2.21. The number of hydrogen-bond acceptors (Lipinski definition) is 15. The molecule has 0 saturated heterocycles. The lowest BCUT2D eigenvalue weighted by Crippen LogP contribution is -2.30. The third kappa shape index (κ3) is 78.2. The van der Waals surface area contributed by atoms with Crippen LogP contribution in [0.4, 0.5) is 0 Å². The number of hydrogen-bond donors (Lipinski definition) is 3. The minimum atomic E-state index is -4.97. The summed E-state index contributed by atoms with van der Waals surface area (Å²) in [4.78, 5) is 73.1. The lowest BCUT2D eigenvalue weighted by molar-refractivity contribution is -0.161. The van der Waals surface area contributed by atoms with Crippen molar-refractivity contribution in [2.24, 2.45) is 23.7 Å². The van der Waals surface area contributed by atoms with Crippen LogP contribution in [-0.2, 0) is 65.4 Å². The smallest absolute Gasteiger partial charge is 0.462 e. The summed E-state index contributed by atoms with van der Waals surface area (Å²) in [5.41, 5.74) is 0. The van der Waals surface area contributed by atoms with E-state index in [0.29, 0.717) is 31.6 Å². The second-order valence-electron chi connectivity index (χ2n) is 32.5. The van der Waals surface area contributed by atoms with Crippen molar-refractivity contribution in [1.82, 2.24) is 0 Å². The lowest BCUT2D eigenvalue weighted by atomic mass is 10.0. The maximum atomic E-state index is 13.1. The maximum absolute atomic E-state index is 13.1. The summed E-state index contributed by atoms with van der Waals surface area (Å²) in [6, 6.07) is 0. The van der Waals surface area contributed by atoms with Crippen LogP contribution in [0, 0.1) is 23.7 Å². The second kappa shape index (κ2) is 73.8. The summed E-state index contributed by atoms with van der Waals surface area (Å²) in [7, 11) is -9.93. The molecule has 3 N–H and O–H groups in total. The number of phosphoric acid groups is 2. The second-order valence-corrected chi connectivity index (χ2v) is 35.4. The fourth-order valence-electron chi connectivity index (χ4n) is 13.1. The van der Waals surface area contributed by atoms with Gasteiger partial charge in [-0.3, -0.25) is 37.3 Å². The molecule has 0 fully saturated rings. The summed E-state index contributed by atoms with van der Waals surface area (Å²) < 4.78 is 68.8. The zero-order valence-electron chi connectivity index (χ0n) is 68.7. The van der Waals surface area contributed by atoms with Gasteiger partial charge in [-0.15, -0.1) is 0 Å². The predicted octanol–water partition coefficient (Wildman–Crippen LogP) is 25.6. The first-order valence-corrected chi connectivity index (χ1v) is 46.7. The number of unbranched alkanes of at least 4 members (excludes halogenated alkanes) is 48. The van der Waals surface area contributed by atoms with Crippen LogP contribution in [0.15, 0.2) is 0 Å². The van der Waals surface area contributed by atoms with Crippen LogP contribution in [0.2, 0.25) is 0 Å². The molecule has 0 aliphatic rings. The van der Waals surface area contributed by atoms with Crippen LogP contribution >= 0.6 is 15.6 Å². The number of rotatable bonds is 82. The predicted molar refractivity (Wildman–Crippen MR) is 428 cm³/mol. The van der Waals surface area contributed by atoms with Crippen LogP contribution in [0.25, 0.3) is 0 Å². The quantitative estimate of drug-likeness (QED) is 0.0222. The highest BCUT2D eigenvalue weighted by Crippen LogP contribution is 2.45. The Bertz CT molecular complexity index is 2020. The van der Waals surface area contributed by atoms with Crippen molar-refractivity contribution in [3.8, 4) is 0 Å². The van der Waals surface area contributed by atoms with Gasteiger partial charge in [-0.05, 0) is 49.4 Å². The largest absolute Gasteiger partial charge is 0.472 e. The van der Waals surface area contributed by atoms with Crippen molar-refractivity contribution >= 4 is 39.5 Å². The SMILES string of the molecule is CC(C)CCCCCCCCCCCCCCCCCCCCC(=O)O[C@H](COC(=O)CCCCCCCCCCCCCCCC(C)C)COP(=O)(O)OCC(O)COP(=O)(O)OC[C@@H](COC(=O)CCCCCCCCC(C)C)OC(=O)CCCCCCCCCCCCCCCCCC(C)C. The average Bonchev–Trinajstić information content (AvgIpc) is 0.926. The molecule has 0 radical (unpaired) electrons. The molecular weight excluding hydrogens is 1350 g/mol. The van der Waals surface area contributed by atoms with E-state index in [9.17, 15) is 43.2 Å². The monoisotopic (exact) mass is 1520 g/mol. The zero-order valence-corrected chi connectivity index (χ0v) is 70.5. The van der Waals surface area contributed by atoms with Gasteiger partial charge in [0.15, 0.2) is 12.2 Å². The average molecular weight is 1520 g/mol. The fraction of sp³-hybridized carbons (Fsp3) is 0.953. The normalized spacial score (nSPS) is 14.0. The van der Waals surface area contributed by atoms with Crippen molar-refractivity contribution in [1.29, 1.82) is 0 Å². The van der Waals surface area contributed by atoms with Gasteiger partial charge < -0.3 is 33.8 Å². The molecule has 0 aromatic heterocycles. The number of carbonyl (C=O) groups excluding carboxylic acids is 4. The number of carbonyl (C=O) groups is 4. The van der Waals surface area contributed by atoms with Crippen molar-refractivity contribution in [3.05, 3.63) is 0 Å². The van der Waals surface area contributed by atoms with E-state index in [4.69, 9.17) is 37.0 Å². The molecule has 0 rings (SSSR count). The molecule has 0 bridgehead atoms. The zero-order chi connectivity index (χ0) is 76.7. The van der Waals surface area contributed by atoms with E-state index in [1.54, 1.807) is 0 Å². The summed E-state index contributed by atoms with van der Waals surface area (Å²) >= 11 is 0. The summed E-state index contributed by atoms with van der Waals surface area (Å²) in [6.07, 6.45) is 62.7. The summed E-state index contributed by atoms with van der Waals surface area (Å²) in [5.74, 6) is 0.983. The van der Waals surface area contributed by atoms with Gasteiger partial charge in [0.05, 0.1) is 26.4 Å². The van der Waals surface area contributed by atoms with Crippen LogP contribution in [0.1, 0.15) is 441 Å². The highest BCUT2D eigenvalue weighted by atomic mass is 31.2. The minimum Gasteiger partial charge on any atom is -0.462 e. The van der Waals surface area contributed by atoms with E-state index in [2.05, 4.69) is 55.4 Å². The molecule has 0 aliphatic heterocycles. The van der Waals surface area contributed by atoms with Crippen LogP contribution in [0.3, 0.4) is 0 Å². The van der Waals surface area contributed by atoms with Crippen molar-refractivity contribution < 1.29 is 80.2 Å². The fourth-order valence-corrected chi connectivity index (χ4v) is 14.7. The van der Waals surface area contributed by atoms with Gasteiger partial charge >= 0.3 is 39.5 Å². The van der Waals surface area contributed by atoms with Crippen LogP contribution in [0.5, 0.6) is 0 Å². The number of ether oxygens (including phenoxy) is 4. The van der Waals surface area contributed by atoms with Crippen molar-refractivity contribution in [2.45, 2.75) is 459 Å².